The monoisotopic (exact) mass is 501 g/mol. The normalized spacial score (nSPS) is 14.7. The van der Waals surface area contributed by atoms with Crippen LogP contribution in [0, 0.1) is 0 Å². The molecular formula is C31H55NO2Si. The van der Waals surface area contributed by atoms with Crippen LogP contribution in [-0.4, -0.2) is 27.2 Å². The number of carbonyl (C=O) groups is 1. The van der Waals surface area contributed by atoms with Gasteiger partial charge in [-0.25, -0.2) is 4.79 Å². The topological polar surface area (TPSA) is 38.3 Å². The molecule has 0 heterocycles. The Hall–Kier alpha value is -1.29. The van der Waals surface area contributed by atoms with E-state index < -0.39 is 8.07 Å². The minimum atomic E-state index is -0.951. The maximum atomic E-state index is 11.7. The van der Waals surface area contributed by atoms with Crippen LogP contribution >= 0.6 is 0 Å². The summed E-state index contributed by atoms with van der Waals surface area (Å²) in [4.78, 5) is 11.7. The number of hydrogen-bond donors (Lipinski definition) is 1. The minimum absolute atomic E-state index is 0.246. The highest BCUT2D eigenvalue weighted by Crippen LogP contribution is 2.39. The summed E-state index contributed by atoms with van der Waals surface area (Å²) in [6, 6.07) is 9.18. The standard InChI is InChI=1S/C31H55NO2Si/c1-4-34-31(33)28-22-24-29(25-23-28)32-26-18-13-11-9-7-5-6-8-10-12-14-19-27-35(2,3)30-20-16-15-17-21-30/h22-25,30,32H,4-21,26-27H2,1-3H3. The SMILES string of the molecule is CCOC(=O)c1ccc(NCCCCCCCCCCCCCC[Si](C)(C)C2CCCCC2)cc1. The molecule has 0 atom stereocenters. The summed E-state index contributed by atoms with van der Waals surface area (Å²) in [6.45, 7) is 8.59. The van der Waals surface area contributed by atoms with Gasteiger partial charge in [-0.1, -0.05) is 122 Å². The molecule has 0 amide bonds. The predicted molar refractivity (Wildman–Crippen MR) is 155 cm³/mol. The Morgan fingerprint density at radius 3 is 1.86 bits per heavy atom. The smallest absolute Gasteiger partial charge is 0.338 e. The van der Waals surface area contributed by atoms with Crippen molar-refractivity contribution < 1.29 is 9.53 Å². The molecule has 0 radical (unpaired) electrons. The van der Waals surface area contributed by atoms with Crippen molar-refractivity contribution in [2.75, 3.05) is 18.5 Å². The molecule has 0 bridgehead atoms. The zero-order valence-electron chi connectivity index (χ0n) is 23.3. The molecule has 1 aromatic rings. The van der Waals surface area contributed by atoms with Crippen molar-refractivity contribution in [2.24, 2.45) is 0 Å². The zero-order chi connectivity index (χ0) is 25.2. The van der Waals surface area contributed by atoms with Crippen LogP contribution < -0.4 is 5.32 Å². The molecule has 35 heavy (non-hydrogen) atoms. The van der Waals surface area contributed by atoms with Crippen molar-refractivity contribution in [1.29, 1.82) is 0 Å². The summed E-state index contributed by atoms with van der Waals surface area (Å²) in [5.41, 5.74) is 2.82. The molecule has 1 aliphatic carbocycles. The number of unbranched alkanes of at least 4 members (excludes halogenated alkanes) is 11. The first kappa shape index (κ1) is 29.9. The van der Waals surface area contributed by atoms with Gasteiger partial charge in [0.25, 0.3) is 0 Å². The molecule has 200 valence electrons. The Morgan fingerprint density at radius 2 is 1.31 bits per heavy atom. The van der Waals surface area contributed by atoms with Gasteiger partial charge in [-0.05, 0) is 43.2 Å². The Bertz CT molecular complexity index is 667. The lowest BCUT2D eigenvalue weighted by Crippen LogP contribution is -2.33. The first-order chi connectivity index (χ1) is 17.0. The average molecular weight is 502 g/mol. The number of esters is 1. The van der Waals surface area contributed by atoms with E-state index in [1.165, 1.54) is 96.3 Å². The van der Waals surface area contributed by atoms with E-state index in [1.807, 2.05) is 31.2 Å². The fourth-order valence-corrected chi connectivity index (χ4v) is 9.27. The Morgan fingerprint density at radius 1 is 0.800 bits per heavy atom. The number of anilines is 1. The van der Waals surface area contributed by atoms with Crippen LogP contribution in [0.4, 0.5) is 5.69 Å². The summed E-state index contributed by atoms with van der Waals surface area (Å²) in [5, 5.41) is 3.46. The largest absolute Gasteiger partial charge is 0.462 e. The van der Waals surface area contributed by atoms with Crippen molar-refractivity contribution >= 4 is 19.7 Å². The van der Waals surface area contributed by atoms with Gasteiger partial charge in [-0.15, -0.1) is 0 Å². The maximum Gasteiger partial charge on any atom is 0.338 e. The van der Waals surface area contributed by atoms with Crippen LogP contribution in [0.1, 0.15) is 126 Å². The lowest BCUT2D eigenvalue weighted by Gasteiger charge is -2.35. The van der Waals surface area contributed by atoms with Gasteiger partial charge in [0, 0.05) is 12.2 Å². The van der Waals surface area contributed by atoms with Crippen molar-refractivity contribution in [3.8, 4) is 0 Å². The van der Waals surface area contributed by atoms with Gasteiger partial charge in [-0.3, -0.25) is 0 Å². The van der Waals surface area contributed by atoms with Crippen LogP contribution in [0.15, 0.2) is 24.3 Å². The third kappa shape index (κ3) is 13.0. The van der Waals surface area contributed by atoms with Crippen LogP contribution in [0.5, 0.6) is 0 Å². The van der Waals surface area contributed by atoms with E-state index in [9.17, 15) is 4.79 Å². The molecule has 1 fully saturated rings. The van der Waals surface area contributed by atoms with E-state index in [4.69, 9.17) is 4.74 Å². The van der Waals surface area contributed by atoms with E-state index in [2.05, 4.69) is 18.4 Å². The highest BCUT2D eigenvalue weighted by atomic mass is 28.3. The van der Waals surface area contributed by atoms with Gasteiger partial charge in [0.2, 0.25) is 0 Å². The van der Waals surface area contributed by atoms with Crippen LogP contribution in [-0.2, 0) is 4.74 Å². The Labute approximate surface area is 218 Å². The molecule has 1 aliphatic rings. The van der Waals surface area contributed by atoms with Crippen molar-refractivity contribution in [2.45, 2.75) is 141 Å². The van der Waals surface area contributed by atoms with Gasteiger partial charge in [0.15, 0.2) is 0 Å². The molecule has 1 saturated carbocycles. The number of ether oxygens (including phenoxy) is 1. The zero-order valence-corrected chi connectivity index (χ0v) is 24.3. The van der Waals surface area contributed by atoms with E-state index in [-0.39, 0.29) is 5.97 Å². The molecule has 1 aromatic carbocycles. The second kappa shape index (κ2) is 18.0. The van der Waals surface area contributed by atoms with Crippen LogP contribution in [0.2, 0.25) is 24.7 Å². The predicted octanol–water partition coefficient (Wildman–Crippen LogP) is 10.00. The van der Waals surface area contributed by atoms with E-state index >= 15 is 0 Å². The summed E-state index contributed by atoms with van der Waals surface area (Å²) < 4.78 is 5.02. The van der Waals surface area contributed by atoms with Gasteiger partial charge >= 0.3 is 5.97 Å². The van der Waals surface area contributed by atoms with Crippen molar-refractivity contribution in [3.05, 3.63) is 29.8 Å². The van der Waals surface area contributed by atoms with Crippen LogP contribution in [0.3, 0.4) is 0 Å². The second-order valence-electron chi connectivity index (χ2n) is 11.5. The van der Waals surface area contributed by atoms with Crippen LogP contribution in [0.25, 0.3) is 0 Å². The number of benzene rings is 1. The maximum absolute atomic E-state index is 11.7. The molecule has 0 aliphatic heterocycles. The average Bonchev–Trinajstić information content (AvgIpc) is 2.87. The highest BCUT2D eigenvalue weighted by molar-refractivity contribution is 6.78. The first-order valence-electron chi connectivity index (χ1n) is 15.0. The molecule has 1 N–H and O–H groups in total. The summed E-state index contributed by atoms with van der Waals surface area (Å²) >= 11 is 0. The van der Waals surface area contributed by atoms with Gasteiger partial charge < -0.3 is 10.1 Å². The van der Waals surface area contributed by atoms with E-state index in [0.717, 1.165) is 17.8 Å². The number of hydrogen-bond acceptors (Lipinski definition) is 3. The fourth-order valence-electron chi connectivity index (χ4n) is 5.73. The molecule has 3 nitrogen and oxygen atoms in total. The molecule has 0 aromatic heterocycles. The third-order valence-corrected chi connectivity index (χ3v) is 12.6. The molecule has 0 unspecified atom stereocenters. The number of carbonyl (C=O) groups excluding carboxylic acids is 1. The summed E-state index contributed by atoms with van der Waals surface area (Å²) in [7, 11) is -0.951. The Kier molecular flexibility index (Phi) is 15.4. The second-order valence-corrected chi connectivity index (χ2v) is 16.8. The summed E-state index contributed by atoms with van der Waals surface area (Å²) in [6.07, 6.45) is 24.5. The first-order valence-corrected chi connectivity index (χ1v) is 18.3. The highest BCUT2D eigenvalue weighted by Gasteiger charge is 2.31. The summed E-state index contributed by atoms with van der Waals surface area (Å²) in [5.74, 6) is -0.246. The van der Waals surface area contributed by atoms with Crippen molar-refractivity contribution in [1.82, 2.24) is 0 Å². The lowest BCUT2D eigenvalue weighted by atomic mass is 10.0. The van der Waals surface area contributed by atoms with Gasteiger partial charge in [-0.2, -0.15) is 0 Å². The number of rotatable bonds is 19. The molecule has 4 heteroatoms. The molecule has 0 spiro atoms. The van der Waals surface area contributed by atoms with Crippen molar-refractivity contribution in [3.63, 3.8) is 0 Å². The Balaban J connectivity index is 1.34. The quantitative estimate of drug-likeness (QED) is 0.116. The minimum Gasteiger partial charge on any atom is -0.462 e. The van der Waals surface area contributed by atoms with Gasteiger partial charge in [0.1, 0.15) is 0 Å². The molecule has 2 rings (SSSR count). The molecular weight excluding hydrogens is 446 g/mol. The number of nitrogens with one attached hydrogen (secondary N) is 1. The lowest BCUT2D eigenvalue weighted by molar-refractivity contribution is 0.0526. The van der Waals surface area contributed by atoms with E-state index in [1.54, 1.807) is 18.9 Å². The molecule has 0 saturated heterocycles. The fraction of sp³-hybridized carbons (Fsp3) is 0.774. The van der Waals surface area contributed by atoms with E-state index in [0.29, 0.717) is 12.2 Å². The third-order valence-electron chi connectivity index (χ3n) is 8.18. The van der Waals surface area contributed by atoms with Gasteiger partial charge in [0.05, 0.1) is 20.2 Å².